The first-order valence-electron chi connectivity index (χ1n) is 5.88. The van der Waals surface area contributed by atoms with Crippen LogP contribution in [0.5, 0.6) is 0 Å². The topological polar surface area (TPSA) is 73.8 Å². The Labute approximate surface area is 109 Å². The maximum Gasteiger partial charge on any atom is 0.251 e. The van der Waals surface area contributed by atoms with E-state index in [1.807, 2.05) is 41.8 Å². The average Bonchev–Trinajstić information content (AvgIpc) is 2.75. The molecule has 0 fully saturated rings. The van der Waals surface area contributed by atoms with E-state index in [1.165, 1.54) is 0 Å². The van der Waals surface area contributed by atoms with Gasteiger partial charge >= 0.3 is 0 Å². The number of pyridine rings is 1. The van der Waals surface area contributed by atoms with Crippen molar-refractivity contribution >= 4 is 17.1 Å². The highest BCUT2D eigenvalue weighted by Gasteiger charge is 2.16. The van der Waals surface area contributed by atoms with Gasteiger partial charge in [-0.1, -0.05) is 18.2 Å². The smallest absolute Gasteiger partial charge is 0.251 e. The molecule has 0 bridgehead atoms. The zero-order valence-corrected chi connectivity index (χ0v) is 10.4. The fraction of sp³-hybridized carbons (Fsp3) is 0.0714. The predicted octanol–water partition coefficient (Wildman–Crippen LogP) is 1.83. The van der Waals surface area contributed by atoms with Crippen LogP contribution in [0.3, 0.4) is 0 Å². The molecule has 94 valence electrons. The first-order valence-corrected chi connectivity index (χ1v) is 5.88. The van der Waals surface area contributed by atoms with Gasteiger partial charge in [0.05, 0.1) is 5.56 Å². The average molecular weight is 252 g/mol. The third-order valence-electron chi connectivity index (χ3n) is 3.00. The van der Waals surface area contributed by atoms with Crippen LogP contribution in [-0.4, -0.2) is 20.4 Å². The Morgan fingerprint density at radius 3 is 2.63 bits per heavy atom. The molecule has 0 spiro atoms. The molecule has 0 radical (unpaired) electrons. The summed E-state index contributed by atoms with van der Waals surface area (Å²) in [5.41, 5.74) is 7.96. The monoisotopic (exact) mass is 252 g/mol. The fourth-order valence-electron chi connectivity index (χ4n) is 2.20. The summed E-state index contributed by atoms with van der Waals surface area (Å²) in [6, 6.07) is 11.3. The molecule has 2 heterocycles. The van der Waals surface area contributed by atoms with E-state index in [9.17, 15) is 4.79 Å². The van der Waals surface area contributed by atoms with Crippen LogP contribution in [0.15, 0.2) is 42.6 Å². The third-order valence-corrected chi connectivity index (χ3v) is 3.00. The highest BCUT2D eigenvalue weighted by atomic mass is 16.1. The number of fused-ring (bicyclic) bond motifs is 1. The van der Waals surface area contributed by atoms with Crippen LogP contribution in [0.4, 0.5) is 0 Å². The Morgan fingerprint density at radius 2 is 1.95 bits per heavy atom. The number of rotatable bonds is 2. The first-order chi connectivity index (χ1) is 9.18. The van der Waals surface area contributed by atoms with E-state index in [2.05, 4.69) is 9.97 Å². The number of aromatic nitrogens is 3. The summed E-state index contributed by atoms with van der Waals surface area (Å²) in [6.45, 7) is 1.87. The molecule has 2 aromatic heterocycles. The molecule has 0 atom stereocenters. The molecule has 0 unspecified atom stereocenters. The van der Waals surface area contributed by atoms with Gasteiger partial charge in [0, 0.05) is 11.9 Å². The Hall–Kier alpha value is -2.69. The number of benzene rings is 1. The minimum Gasteiger partial charge on any atom is -0.366 e. The molecule has 0 aliphatic carbocycles. The molecule has 5 heteroatoms. The fourth-order valence-corrected chi connectivity index (χ4v) is 2.20. The summed E-state index contributed by atoms with van der Waals surface area (Å²) in [7, 11) is 0. The van der Waals surface area contributed by atoms with Crippen molar-refractivity contribution in [1.29, 1.82) is 0 Å². The van der Waals surface area contributed by atoms with Gasteiger partial charge in [0.1, 0.15) is 11.3 Å². The molecule has 19 heavy (non-hydrogen) atoms. The molecule has 2 N–H and O–H groups in total. The number of hydrogen-bond acceptors (Lipinski definition) is 3. The number of nitrogens with two attached hydrogens (primary N) is 1. The summed E-state index contributed by atoms with van der Waals surface area (Å²) in [5, 5.41) is 0. The van der Waals surface area contributed by atoms with Crippen LogP contribution in [0, 0.1) is 6.92 Å². The molecule has 3 rings (SSSR count). The summed E-state index contributed by atoms with van der Waals surface area (Å²) in [6.07, 6.45) is 1.55. The van der Waals surface area contributed by atoms with E-state index < -0.39 is 5.91 Å². The minimum atomic E-state index is -0.482. The quantitative estimate of drug-likeness (QED) is 0.756. The van der Waals surface area contributed by atoms with Crippen LogP contribution in [0.2, 0.25) is 0 Å². The molecular weight excluding hydrogens is 240 g/mol. The number of carbonyl (C=O) groups is 1. The van der Waals surface area contributed by atoms with Crippen LogP contribution in [0.25, 0.3) is 16.9 Å². The number of primary amides is 1. The standard InChI is InChI=1S/C14H12N4O/c1-9-17-14-12(11(13(15)19)7-8-16-14)18(9)10-5-3-2-4-6-10/h2-8H,1H3,(H2,15,19). The number of hydrogen-bond donors (Lipinski definition) is 1. The van der Waals surface area contributed by atoms with Gasteiger partial charge in [-0.15, -0.1) is 0 Å². The second kappa shape index (κ2) is 4.20. The lowest BCUT2D eigenvalue weighted by Crippen LogP contribution is -2.13. The molecule has 1 aromatic carbocycles. The van der Waals surface area contributed by atoms with Crippen molar-refractivity contribution in [2.75, 3.05) is 0 Å². The maximum absolute atomic E-state index is 11.6. The Kier molecular flexibility index (Phi) is 2.52. The molecule has 5 nitrogen and oxygen atoms in total. The van der Waals surface area contributed by atoms with E-state index in [0.717, 1.165) is 11.5 Å². The van der Waals surface area contributed by atoms with E-state index >= 15 is 0 Å². The number of aryl methyl sites for hydroxylation is 1. The number of nitrogens with zero attached hydrogens (tertiary/aromatic N) is 3. The van der Waals surface area contributed by atoms with Gasteiger partial charge in [0.15, 0.2) is 5.65 Å². The van der Waals surface area contributed by atoms with Crippen molar-refractivity contribution in [1.82, 2.24) is 14.5 Å². The Morgan fingerprint density at radius 1 is 1.21 bits per heavy atom. The second-order valence-electron chi connectivity index (χ2n) is 4.22. The molecule has 0 aliphatic rings. The molecule has 1 amide bonds. The van der Waals surface area contributed by atoms with Crippen molar-refractivity contribution in [3.63, 3.8) is 0 Å². The van der Waals surface area contributed by atoms with Crippen molar-refractivity contribution in [3.05, 3.63) is 54.0 Å². The Balaban J connectivity index is 2.42. The summed E-state index contributed by atoms with van der Waals surface area (Å²) >= 11 is 0. The lowest BCUT2D eigenvalue weighted by Gasteiger charge is -2.08. The van der Waals surface area contributed by atoms with Gasteiger partial charge < -0.3 is 5.73 Å². The lowest BCUT2D eigenvalue weighted by molar-refractivity contribution is 0.100. The van der Waals surface area contributed by atoms with Gasteiger partial charge in [-0.25, -0.2) is 9.97 Å². The summed E-state index contributed by atoms with van der Waals surface area (Å²) in [5.74, 6) is 0.284. The predicted molar refractivity (Wildman–Crippen MR) is 72.1 cm³/mol. The lowest BCUT2D eigenvalue weighted by atomic mass is 10.2. The Bertz CT molecular complexity index is 762. The highest BCUT2D eigenvalue weighted by Crippen LogP contribution is 2.22. The van der Waals surface area contributed by atoms with Gasteiger partial charge in [-0.05, 0) is 25.1 Å². The molecule has 0 saturated carbocycles. The zero-order valence-electron chi connectivity index (χ0n) is 10.4. The van der Waals surface area contributed by atoms with Crippen molar-refractivity contribution in [2.45, 2.75) is 6.92 Å². The number of para-hydroxylation sites is 1. The van der Waals surface area contributed by atoms with Gasteiger partial charge in [0.25, 0.3) is 5.91 Å². The first kappa shape index (κ1) is 11.4. The van der Waals surface area contributed by atoms with Crippen molar-refractivity contribution < 1.29 is 4.79 Å². The van der Waals surface area contributed by atoms with Crippen LogP contribution in [-0.2, 0) is 0 Å². The van der Waals surface area contributed by atoms with Gasteiger partial charge in [-0.2, -0.15) is 0 Å². The SMILES string of the molecule is Cc1nc2nccc(C(N)=O)c2n1-c1ccccc1. The van der Waals surface area contributed by atoms with E-state index in [4.69, 9.17) is 5.73 Å². The maximum atomic E-state index is 11.6. The minimum absolute atomic E-state index is 0.425. The van der Waals surface area contributed by atoms with E-state index in [1.54, 1.807) is 12.3 Å². The van der Waals surface area contributed by atoms with Crippen LogP contribution < -0.4 is 5.73 Å². The van der Waals surface area contributed by atoms with E-state index in [-0.39, 0.29) is 0 Å². The van der Waals surface area contributed by atoms with Crippen molar-refractivity contribution in [2.24, 2.45) is 5.73 Å². The van der Waals surface area contributed by atoms with Gasteiger partial charge in [-0.3, -0.25) is 9.36 Å². The molecule has 3 aromatic rings. The zero-order chi connectivity index (χ0) is 13.4. The third kappa shape index (κ3) is 1.76. The highest BCUT2D eigenvalue weighted by molar-refractivity contribution is 6.03. The molecular formula is C14H12N4O. The summed E-state index contributed by atoms with van der Waals surface area (Å²) < 4.78 is 1.89. The molecule has 0 aliphatic heterocycles. The van der Waals surface area contributed by atoms with Crippen molar-refractivity contribution in [3.8, 4) is 5.69 Å². The van der Waals surface area contributed by atoms with Crippen LogP contribution in [0.1, 0.15) is 16.2 Å². The number of carbonyl (C=O) groups excluding carboxylic acids is 1. The van der Waals surface area contributed by atoms with Crippen LogP contribution >= 0.6 is 0 Å². The second-order valence-corrected chi connectivity index (χ2v) is 4.22. The summed E-state index contributed by atoms with van der Waals surface area (Å²) in [4.78, 5) is 20.1. The molecule has 0 saturated heterocycles. The number of amides is 1. The number of imidazole rings is 1. The van der Waals surface area contributed by atoms with Gasteiger partial charge in [0.2, 0.25) is 0 Å². The largest absolute Gasteiger partial charge is 0.366 e. The van der Waals surface area contributed by atoms with E-state index in [0.29, 0.717) is 16.7 Å². The normalized spacial score (nSPS) is 10.8.